The fourth-order valence-electron chi connectivity index (χ4n) is 3.78. The maximum Gasteiger partial charge on any atom is 0.230 e. The number of ether oxygens (including phenoxy) is 1. The Morgan fingerprint density at radius 3 is 2.86 bits per heavy atom. The summed E-state index contributed by atoms with van der Waals surface area (Å²) in [5.74, 6) is -2.88. The van der Waals surface area contributed by atoms with Gasteiger partial charge in [0.25, 0.3) is 0 Å². The van der Waals surface area contributed by atoms with Crippen molar-refractivity contribution in [3.8, 4) is 0 Å². The summed E-state index contributed by atoms with van der Waals surface area (Å²) >= 11 is 0. The lowest BCUT2D eigenvalue weighted by atomic mass is 9.77. The van der Waals surface area contributed by atoms with Crippen LogP contribution in [0, 0.1) is 11.8 Å². The van der Waals surface area contributed by atoms with Crippen molar-refractivity contribution in [2.75, 3.05) is 6.54 Å². The second-order valence-electron chi connectivity index (χ2n) is 5.90. The van der Waals surface area contributed by atoms with Gasteiger partial charge < -0.3 is 19.5 Å². The Morgan fingerprint density at radius 1 is 1.38 bits per heavy atom. The first-order valence-electron chi connectivity index (χ1n) is 7.01. The molecule has 1 aromatic rings. The van der Waals surface area contributed by atoms with Crippen molar-refractivity contribution in [2.24, 2.45) is 11.8 Å². The van der Waals surface area contributed by atoms with Crippen LogP contribution in [0.2, 0.25) is 0 Å². The number of carboxylic acid groups (broad SMARTS) is 1. The van der Waals surface area contributed by atoms with E-state index in [9.17, 15) is 14.7 Å². The number of fused-ring (bicyclic) bond motifs is 1. The van der Waals surface area contributed by atoms with E-state index in [0.717, 1.165) is 5.56 Å². The molecule has 2 bridgehead atoms. The van der Waals surface area contributed by atoms with Crippen LogP contribution in [0.1, 0.15) is 5.56 Å². The van der Waals surface area contributed by atoms with Crippen LogP contribution in [-0.2, 0) is 20.9 Å². The number of amides is 1. The minimum Gasteiger partial charge on any atom is -0.550 e. The van der Waals surface area contributed by atoms with Gasteiger partial charge in [-0.15, -0.1) is 0 Å². The lowest BCUT2D eigenvalue weighted by molar-refractivity contribution is -0.313. The average Bonchev–Trinajstić information content (AvgIpc) is 3.09. The van der Waals surface area contributed by atoms with Gasteiger partial charge in [-0.25, -0.2) is 0 Å². The maximum absolute atomic E-state index is 12.6. The van der Waals surface area contributed by atoms with Crippen LogP contribution in [0.5, 0.6) is 0 Å². The van der Waals surface area contributed by atoms with Crippen LogP contribution in [0.15, 0.2) is 42.5 Å². The summed E-state index contributed by atoms with van der Waals surface area (Å²) < 4.78 is 5.80. The Hall–Kier alpha value is -2.14. The van der Waals surface area contributed by atoms with Crippen molar-refractivity contribution in [3.05, 3.63) is 48.0 Å². The largest absolute Gasteiger partial charge is 0.550 e. The van der Waals surface area contributed by atoms with Crippen LogP contribution in [-0.4, -0.2) is 35.0 Å². The molecule has 0 unspecified atom stereocenters. The number of carbonyl (C=O) groups excluding carboxylic acids is 2. The van der Waals surface area contributed by atoms with Crippen molar-refractivity contribution in [2.45, 2.75) is 18.2 Å². The smallest absolute Gasteiger partial charge is 0.230 e. The number of hydrogen-bond donors (Lipinski definition) is 0. The zero-order valence-corrected chi connectivity index (χ0v) is 11.3. The van der Waals surface area contributed by atoms with Gasteiger partial charge in [-0.1, -0.05) is 42.5 Å². The van der Waals surface area contributed by atoms with Crippen molar-refractivity contribution in [1.29, 1.82) is 0 Å². The molecule has 0 aromatic heterocycles. The van der Waals surface area contributed by atoms with Gasteiger partial charge in [0.2, 0.25) is 5.91 Å². The summed E-state index contributed by atoms with van der Waals surface area (Å²) in [5.41, 5.74) is 0.243. The van der Waals surface area contributed by atoms with Crippen molar-refractivity contribution in [3.63, 3.8) is 0 Å². The van der Waals surface area contributed by atoms with Crippen LogP contribution < -0.4 is 5.11 Å². The summed E-state index contributed by atoms with van der Waals surface area (Å²) in [7, 11) is 0. The highest BCUT2D eigenvalue weighted by Gasteiger charge is 2.65. The Balaban J connectivity index is 1.63. The molecule has 1 aromatic carbocycles. The van der Waals surface area contributed by atoms with E-state index in [1.807, 2.05) is 36.4 Å². The zero-order valence-electron chi connectivity index (χ0n) is 11.3. The molecule has 1 spiro atoms. The lowest BCUT2D eigenvalue weighted by Gasteiger charge is -2.24. The number of aliphatic carboxylic acids is 1. The number of likely N-dealkylation sites (tertiary alicyclic amines) is 1. The second kappa shape index (κ2) is 4.18. The zero-order chi connectivity index (χ0) is 14.6. The van der Waals surface area contributed by atoms with E-state index < -0.39 is 29.5 Å². The number of carboxylic acids is 1. The van der Waals surface area contributed by atoms with Gasteiger partial charge in [-0.2, -0.15) is 0 Å². The molecule has 21 heavy (non-hydrogen) atoms. The number of carbonyl (C=O) groups is 2. The van der Waals surface area contributed by atoms with Crippen LogP contribution in [0.25, 0.3) is 0 Å². The molecule has 4 atom stereocenters. The fraction of sp³-hybridized carbons (Fsp3) is 0.375. The third-order valence-corrected chi connectivity index (χ3v) is 4.67. The molecule has 0 N–H and O–H groups in total. The monoisotopic (exact) mass is 284 g/mol. The second-order valence-corrected chi connectivity index (χ2v) is 5.90. The molecule has 2 fully saturated rings. The average molecular weight is 284 g/mol. The van der Waals surface area contributed by atoms with Crippen molar-refractivity contribution < 1.29 is 19.4 Å². The predicted molar refractivity (Wildman–Crippen MR) is 70.6 cm³/mol. The highest BCUT2D eigenvalue weighted by Crippen LogP contribution is 2.51. The Morgan fingerprint density at radius 2 is 2.14 bits per heavy atom. The molecule has 2 saturated heterocycles. The number of nitrogens with zero attached hydrogens (tertiary/aromatic N) is 1. The topological polar surface area (TPSA) is 69.7 Å². The molecular formula is C16H14NO4-. The molecule has 5 nitrogen and oxygen atoms in total. The molecule has 0 saturated carbocycles. The van der Waals surface area contributed by atoms with E-state index in [1.165, 1.54) is 0 Å². The van der Waals surface area contributed by atoms with Crippen LogP contribution in [0.3, 0.4) is 0 Å². The summed E-state index contributed by atoms with van der Waals surface area (Å²) in [5, 5.41) is 11.3. The van der Waals surface area contributed by atoms with E-state index in [-0.39, 0.29) is 5.91 Å². The summed E-state index contributed by atoms with van der Waals surface area (Å²) in [6, 6.07) is 9.65. The number of rotatable bonds is 3. The van der Waals surface area contributed by atoms with Gasteiger partial charge in [0, 0.05) is 18.4 Å². The number of hydrogen-bond acceptors (Lipinski definition) is 4. The first kappa shape index (κ1) is 12.6. The Kier molecular flexibility index (Phi) is 2.50. The minimum atomic E-state index is -1.20. The number of benzene rings is 1. The van der Waals surface area contributed by atoms with Crippen molar-refractivity contribution >= 4 is 11.9 Å². The Labute approximate surface area is 121 Å². The molecule has 0 aliphatic carbocycles. The SMILES string of the molecule is O=C([O-])[C@@H]1[C@@H]2C=C[C@@]3(CN(Cc4ccccc4)C(=O)[C@@H]13)O2. The Bertz CT molecular complexity index is 641. The molecular weight excluding hydrogens is 270 g/mol. The molecule has 3 aliphatic rings. The predicted octanol–water partition coefficient (Wildman–Crippen LogP) is -0.282. The van der Waals surface area contributed by atoms with E-state index in [4.69, 9.17) is 4.74 Å². The van der Waals surface area contributed by atoms with Gasteiger partial charge >= 0.3 is 0 Å². The quantitative estimate of drug-likeness (QED) is 0.716. The van der Waals surface area contributed by atoms with Gasteiger partial charge in [0.1, 0.15) is 5.60 Å². The van der Waals surface area contributed by atoms with Gasteiger partial charge in [0.15, 0.2) is 0 Å². The third kappa shape index (κ3) is 1.67. The molecule has 4 rings (SSSR count). The highest BCUT2D eigenvalue weighted by molar-refractivity contribution is 5.90. The highest BCUT2D eigenvalue weighted by atomic mass is 16.5. The first-order chi connectivity index (χ1) is 10.1. The standard InChI is InChI=1S/C16H15NO4/c18-14-13-12(15(19)20)11-6-7-16(13,21-11)9-17(14)8-10-4-2-1-3-5-10/h1-7,11-13H,8-9H2,(H,19,20)/p-1/t11-,12+,13+,16-/m0/s1. The normalized spacial score (nSPS) is 36.3. The van der Waals surface area contributed by atoms with Gasteiger partial charge in [-0.05, 0) is 5.56 Å². The third-order valence-electron chi connectivity index (χ3n) is 4.67. The summed E-state index contributed by atoms with van der Waals surface area (Å²) in [4.78, 5) is 25.6. The van der Waals surface area contributed by atoms with E-state index in [0.29, 0.717) is 13.1 Å². The summed E-state index contributed by atoms with van der Waals surface area (Å²) in [6.45, 7) is 0.877. The maximum atomic E-state index is 12.6. The van der Waals surface area contributed by atoms with Crippen LogP contribution in [0.4, 0.5) is 0 Å². The first-order valence-corrected chi connectivity index (χ1v) is 7.01. The van der Waals surface area contributed by atoms with E-state index in [2.05, 4.69) is 0 Å². The minimum absolute atomic E-state index is 0.153. The van der Waals surface area contributed by atoms with Gasteiger partial charge in [-0.3, -0.25) is 4.79 Å². The molecule has 5 heteroatoms. The molecule has 3 aliphatic heterocycles. The fourth-order valence-corrected chi connectivity index (χ4v) is 3.78. The molecule has 1 amide bonds. The molecule has 3 heterocycles. The molecule has 0 radical (unpaired) electrons. The van der Waals surface area contributed by atoms with Crippen LogP contribution >= 0.6 is 0 Å². The van der Waals surface area contributed by atoms with Crippen molar-refractivity contribution in [1.82, 2.24) is 4.90 Å². The van der Waals surface area contributed by atoms with Gasteiger partial charge in [0.05, 0.1) is 18.6 Å². The van der Waals surface area contributed by atoms with E-state index >= 15 is 0 Å². The lowest BCUT2D eigenvalue weighted by Crippen LogP contribution is -2.45. The summed E-state index contributed by atoms with van der Waals surface area (Å²) in [6.07, 6.45) is 3.07. The molecule has 108 valence electrons. The van der Waals surface area contributed by atoms with E-state index in [1.54, 1.807) is 11.0 Å².